The minimum atomic E-state index is -0.630. The van der Waals surface area contributed by atoms with Gasteiger partial charge in [-0.25, -0.2) is 0 Å². The molecule has 2 amide bonds. The topological polar surface area (TPSA) is 77.1 Å². The maximum atomic E-state index is 12.9. The Kier molecular flexibility index (Phi) is 6.70. The zero-order valence-corrected chi connectivity index (χ0v) is 19.0. The lowest BCUT2D eigenvalue weighted by Gasteiger charge is -2.33. The lowest BCUT2D eigenvalue weighted by atomic mass is 10.1. The van der Waals surface area contributed by atoms with E-state index >= 15 is 0 Å². The Morgan fingerprint density at radius 2 is 1.82 bits per heavy atom. The zero-order chi connectivity index (χ0) is 23.4. The van der Waals surface area contributed by atoms with Gasteiger partial charge >= 0.3 is 0 Å². The third-order valence-electron chi connectivity index (χ3n) is 5.17. The van der Waals surface area contributed by atoms with Crippen molar-refractivity contribution >= 4 is 34.8 Å². The number of benzene rings is 3. The zero-order valence-electron chi connectivity index (χ0n) is 18.2. The Balaban J connectivity index is 1.51. The average Bonchev–Trinajstić information content (AvgIpc) is 2.82. The lowest BCUT2D eigenvalue weighted by Crippen LogP contribution is -2.44. The molecule has 0 spiro atoms. The third kappa shape index (κ3) is 5.04. The van der Waals surface area contributed by atoms with Crippen LogP contribution in [0.5, 0.6) is 17.2 Å². The van der Waals surface area contributed by atoms with Crippen molar-refractivity contribution in [3.8, 4) is 17.2 Å². The summed E-state index contributed by atoms with van der Waals surface area (Å²) in [6.07, 6.45) is -0.630. The smallest absolute Gasteiger partial charge is 0.268 e. The van der Waals surface area contributed by atoms with Gasteiger partial charge < -0.3 is 24.4 Å². The average molecular weight is 467 g/mol. The lowest BCUT2D eigenvalue weighted by molar-refractivity contribution is -0.125. The van der Waals surface area contributed by atoms with Crippen LogP contribution >= 0.6 is 11.6 Å². The van der Waals surface area contributed by atoms with Crippen LogP contribution in [0.15, 0.2) is 66.7 Å². The van der Waals surface area contributed by atoms with Crippen molar-refractivity contribution < 1.29 is 23.8 Å². The quantitative estimate of drug-likeness (QED) is 0.547. The molecule has 1 aliphatic heterocycles. The number of methoxy groups -OCH3 is 1. The van der Waals surface area contributed by atoms with E-state index in [1.165, 1.54) is 7.11 Å². The molecule has 33 heavy (non-hydrogen) atoms. The molecule has 1 heterocycles. The number of anilines is 2. The number of fused-ring (bicyclic) bond motifs is 1. The van der Waals surface area contributed by atoms with Crippen LogP contribution in [0, 0.1) is 0 Å². The third-order valence-corrected chi connectivity index (χ3v) is 5.53. The molecule has 170 valence electrons. The summed E-state index contributed by atoms with van der Waals surface area (Å²) in [5.74, 6) is 1.02. The van der Waals surface area contributed by atoms with Crippen molar-refractivity contribution in [1.29, 1.82) is 0 Å². The van der Waals surface area contributed by atoms with Crippen molar-refractivity contribution in [1.82, 2.24) is 0 Å². The second kappa shape index (κ2) is 9.83. The summed E-state index contributed by atoms with van der Waals surface area (Å²) in [5, 5.41) is 3.37. The van der Waals surface area contributed by atoms with Crippen LogP contribution in [0.3, 0.4) is 0 Å². The van der Waals surface area contributed by atoms with Gasteiger partial charge in [-0.3, -0.25) is 9.59 Å². The molecule has 0 aliphatic carbocycles. The number of carbonyl (C=O) groups is 2. The number of ether oxygens (including phenoxy) is 3. The predicted molar refractivity (Wildman–Crippen MR) is 126 cm³/mol. The molecule has 1 unspecified atom stereocenters. The first-order valence-corrected chi connectivity index (χ1v) is 10.7. The monoisotopic (exact) mass is 466 g/mol. The second-order valence-corrected chi connectivity index (χ2v) is 7.85. The van der Waals surface area contributed by atoms with Crippen molar-refractivity contribution in [2.45, 2.75) is 19.6 Å². The first kappa shape index (κ1) is 22.5. The Hall–Kier alpha value is -3.71. The molecular weight excluding hydrogens is 444 g/mol. The summed E-state index contributed by atoms with van der Waals surface area (Å²) in [6.45, 7) is 1.79. The van der Waals surface area contributed by atoms with Gasteiger partial charge in [0.2, 0.25) is 0 Å². The number of para-hydroxylation sites is 2. The molecule has 1 atom stereocenters. The van der Waals surface area contributed by atoms with Gasteiger partial charge in [-0.2, -0.15) is 0 Å². The van der Waals surface area contributed by atoms with E-state index in [0.717, 1.165) is 5.56 Å². The molecule has 0 radical (unpaired) electrons. The van der Waals surface area contributed by atoms with Gasteiger partial charge in [0.1, 0.15) is 5.75 Å². The van der Waals surface area contributed by atoms with Gasteiger partial charge in [-0.15, -0.1) is 0 Å². The molecule has 0 fully saturated rings. The van der Waals surface area contributed by atoms with Crippen molar-refractivity contribution in [3.63, 3.8) is 0 Å². The van der Waals surface area contributed by atoms with E-state index in [9.17, 15) is 9.59 Å². The summed E-state index contributed by atoms with van der Waals surface area (Å²) in [7, 11) is 1.54. The summed E-state index contributed by atoms with van der Waals surface area (Å²) in [4.78, 5) is 27.0. The van der Waals surface area contributed by atoms with E-state index in [0.29, 0.717) is 33.6 Å². The normalized spacial score (nSPS) is 14.8. The van der Waals surface area contributed by atoms with Gasteiger partial charge in [0.25, 0.3) is 11.8 Å². The first-order valence-electron chi connectivity index (χ1n) is 10.4. The van der Waals surface area contributed by atoms with Gasteiger partial charge in [0.15, 0.2) is 24.2 Å². The van der Waals surface area contributed by atoms with E-state index < -0.39 is 6.10 Å². The van der Waals surface area contributed by atoms with E-state index in [1.807, 2.05) is 24.3 Å². The van der Waals surface area contributed by atoms with E-state index in [4.69, 9.17) is 25.8 Å². The number of carbonyl (C=O) groups excluding carboxylic acids is 2. The Morgan fingerprint density at radius 3 is 2.58 bits per heavy atom. The van der Waals surface area contributed by atoms with E-state index in [-0.39, 0.29) is 25.0 Å². The summed E-state index contributed by atoms with van der Waals surface area (Å²) < 4.78 is 16.6. The molecule has 4 rings (SSSR count). The molecule has 7 nitrogen and oxygen atoms in total. The minimum absolute atomic E-state index is 0.189. The maximum Gasteiger partial charge on any atom is 0.268 e. The second-order valence-electron chi connectivity index (χ2n) is 7.45. The molecule has 3 aromatic carbocycles. The Morgan fingerprint density at radius 1 is 1.09 bits per heavy atom. The van der Waals surface area contributed by atoms with E-state index in [2.05, 4.69) is 5.32 Å². The van der Waals surface area contributed by atoms with Crippen LogP contribution in [-0.2, 0) is 16.1 Å². The predicted octanol–water partition coefficient (Wildman–Crippen LogP) is 4.68. The standard InChI is InChI=1S/C25H23ClN2O5/c1-16-25(30)28(14-17-7-3-4-8-19(17)26)20-13-18(11-12-21(20)33-16)27-24(29)15-32-23-10-6-5-9-22(23)31-2/h3-13,16H,14-15H2,1-2H3,(H,27,29). The molecule has 0 bridgehead atoms. The number of amides is 2. The van der Waals surface area contributed by atoms with Gasteiger partial charge in [-0.1, -0.05) is 41.9 Å². The van der Waals surface area contributed by atoms with Crippen LogP contribution in [0.1, 0.15) is 12.5 Å². The number of nitrogens with zero attached hydrogens (tertiary/aromatic N) is 1. The number of halogens is 1. The first-order chi connectivity index (χ1) is 16.0. The van der Waals surface area contributed by atoms with Gasteiger partial charge in [0.05, 0.1) is 19.3 Å². The highest BCUT2D eigenvalue weighted by Gasteiger charge is 2.32. The van der Waals surface area contributed by atoms with Crippen molar-refractivity contribution in [3.05, 3.63) is 77.3 Å². The fraction of sp³-hybridized carbons (Fsp3) is 0.200. The maximum absolute atomic E-state index is 12.9. The fourth-order valence-electron chi connectivity index (χ4n) is 3.52. The Labute approximate surface area is 196 Å². The Bertz CT molecular complexity index is 1180. The number of hydrogen-bond donors (Lipinski definition) is 1. The summed E-state index contributed by atoms with van der Waals surface area (Å²) >= 11 is 6.31. The minimum Gasteiger partial charge on any atom is -0.493 e. The van der Waals surface area contributed by atoms with Crippen LogP contribution < -0.4 is 24.4 Å². The van der Waals surface area contributed by atoms with Crippen LogP contribution in [0.25, 0.3) is 0 Å². The fourth-order valence-corrected chi connectivity index (χ4v) is 3.72. The molecule has 3 aromatic rings. The molecule has 1 N–H and O–H groups in total. The van der Waals surface area contributed by atoms with Crippen LogP contribution in [0.2, 0.25) is 5.02 Å². The number of hydrogen-bond acceptors (Lipinski definition) is 5. The molecule has 0 saturated carbocycles. The summed E-state index contributed by atoms with van der Waals surface area (Å²) in [6, 6.07) is 19.6. The van der Waals surface area contributed by atoms with Crippen LogP contribution in [0.4, 0.5) is 11.4 Å². The van der Waals surface area contributed by atoms with E-state index in [1.54, 1.807) is 54.3 Å². The number of nitrogens with one attached hydrogen (secondary N) is 1. The largest absolute Gasteiger partial charge is 0.493 e. The highest BCUT2D eigenvalue weighted by molar-refractivity contribution is 6.31. The summed E-state index contributed by atoms with van der Waals surface area (Å²) in [5.41, 5.74) is 1.88. The van der Waals surface area contributed by atoms with Gasteiger partial charge in [0, 0.05) is 10.7 Å². The SMILES string of the molecule is COc1ccccc1OCC(=O)Nc1ccc2c(c1)N(Cc1ccccc1Cl)C(=O)C(C)O2. The molecule has 8 heteroatoms. The highest BCUT2D eigenvalue weighted by atomic mass is 35.5. The van der Waals surface area contributed by atoms with Crippen LogP contribution in [-0.4, -0.2) is 31.6 Å². The molecule has 0 saturated heterocycles. The van der Waals surface area contributed by atoms with Crippen molar-refractivity contribution in [2.75, 3.05) is 23.9 Å². The molecule has 1 aliphatic rings. The molecule has 0 aromatic heterocycles. The molecular formula is C25H23ClN2O5. The van der Waals surface area contributed by atoms with Gasteiger partial charge in [-0.05, 0) is 48.9 Å². The number of rotatable bonds is 7. The van der Waals surface area contributed by atoms with Crippen molar-refractivity contribution in [2.24, 2.45) is 0 Å². The highest BCUT2D eigenvalue weighted by Crippen LogP contribution is 2.38.